The molecule has 1 aromatic carbocycles. The van der Waals surface area contributed by atoms with Gasteiger partial charge < -0.3 is 14.6 Å². The Kier molecular flexibility index (Phi) is 7.50. The van der Waals surface area contributed by atoms with Gasteiger partial charge in [-0.05, 0) is 60.4 Å². The molecule has 1 N–H and O–H groups in total. The number of hydrogen-bond donors (Lipinski definition) is 1. The lowest BCUT2D eigenvalue weighted by atomic mass is 9.82. The second-order valence-corrected chi connectivity index (χ2v) is 8.04. The summed E-state index contributed by atoms with van der Waals surface area (Å²) < 4.78 is 14.0. The molecule has 6 nitrogen and oxygen atoms in total. The van der Waals surface area contributed by atoms with Gasteiger partial charge in [0, 0.05) is 12.1 Å². The smallest absolute Gasteiger partial charge is 0.329 e. The molecule has 0 spiro atoms. The molecule has 0 unspecified atom stereocenters. The first-order valence-corrected chi connectivity index (χ1v) is 10.6. The Morgan fingerprint density at radius 2 is 1.89 bits per heavy atom. The quantitative estimate of drug-likeness (QED) is 0.603. The summed E-state index contributed by atoms with van der Waals surface area (Å²) in [6, 6.07) is 10.1. The molecule has 0 amide bonds. The summed E-state index contributed by atoms with van der Waals surface area (Å²) in [6.07, 6.45) is 4.29. The van der Waals surface area contributed by atoms with Crippen molar-refractivity contribution in [3.05, 3.63) is 34.8 Å². The van der Waals surface area contributed by atoms with E-state index in [-0.39, 0.29) is 6.61 Å². The Balaban J connectivity index is 1.63. The number of aromatic nitrogens is 2. The standard InChI is InChI=1S/C21H27BrN2O4/c1-2-28-21-19(22)20(17-6-4-3-5-7-17)23-24(21)12-15-8-10-16(11-9-15)13-27-14-18(25)26/h3-7,15-16H,2,8-14H2,1H3,(H,25,26). The van der Waals surface area contributed by atoms with Gasteiger partial charge in [-0.3, -0.25) is 0 Å². The zero-order valence-corrected chi connectivity index (χ0v) is 17.7. The number of hydrogen-bond acceptors (Lipinski definition) is 4. The second kappa shape index (κ2) is 10.1. The molecule has 0 atom stereocenters. The average molecular weight is 451 g/mol. The third-order valence-corrected chi connectivity index (χ3v) is 5.87. The van der Waals surface area contributed by atoms with Crippen LogP contribution in [0.5, 0.6) is 5.88 Å². The molecule has 0 aliphatic heterocycles. The van der Waals surface area contributed by atoms with Gasteiger partial charge >= 0.3 is 5.97 Å². The van der Waals surface area contributed by atoms with Crippen LogP contribution in [0.4, 0.5) is 0 Å². The zero-order chi connectivity index (χ0) is 19.9. The van der Waals surface area contributed by atoms with Crippen LogP contribution < -0.4 is 4.74 Å². The van der Waals surface area contributed by atoms with Crippen LogP contribution in [-0.4, -0.2) is 40.7 Å². The maximum atomic E-state index is 10.6. The Labute approximate surface area is 174 Å². The summed E-state index contributed by atoms with van der Waals surface area (Å²) in [4.78, 5) is 10.6. The Bertz CT molecular complexity index is 770. The average Bonchev–Trinajstić information content (AvgIpc) is 3.00. The van der Waals surface area contributed by atoms with E-state index in [2.05, 4.69) is 28.1 Å². The molecule has 1 heterocycles. The van der Waals surface area contributed by atoms with Crippen LogP contribution in [0.15, 0.2) is 34.8 Å². The maximum absolute atomic E-state index is 10.6. The number of aliphatic carboxylic acids is 1. The van der Waals surface area contributed by atoms with E-state index in [0.717, 1.165) is 53.8 Å². The molecule has 7 heteroatoms. The molecule has 152 valence electrons. The fraction of sp³-hybridized carbons (Fsp3) is 0.524. The number of nitrogens with zero attached hydrogens (tertiary/aromatic N) is 2. The summed E-state index contributed by atoms with van der Waals surface area (Å²) in [6.45, 7) is 3.72. The lowest BCUT2D eigenvalue weighted by Gasteiger charge is -2.28. The van der Waals surface area contributed by atoms with Crippen molar-refractivity contribution in [2.24, 2.45) is 11.8 Å². The van der Waals surface area contributed by atoms with Crippen molar-refractivity contribution in [2.75, 3.05) is 19.8 Å². The molecule has 1 saturated carbocycles. The Morgan fingerprint density at radius 3 is 2.54 bits per heavy atom. The Hall–Kier alpha value is -1.86. The van der Waals surface area contributed by atoms with E-state index in [9.17, 15) is 4.79 Å². The molecule has 0 radical (unpaired) electrons. The van der Waals surface area contributed by atoms with Crippen molar-refractivity contribution in [3.63, 3.8) is 0 Å². The Morgan fingerprint density at radius 1 is 1.21 bits per heavy atom. The van der Waals surface area contributed by atoms with Gasteiger partial charge in [0.25, 0.3) is 0 Å². The topological polar surface area (TPSA) is 73.6 Å². The number of benzene rings is 1. The molecule has 0 saturated heterocycles. The van der Waals surface area contributed by atoms with Gasteiger partial charge in [-0.25, -0.2) is 9.48 Å². The molecule has 1 fully saturated rings. The highest BCUT2D eigenvalue weighted by molar-refractivity contribution is 9.10. The van der Waals surface area contributed by atoms with Gasteiger partial charge in [0.15, 0.2) is 0 Å². The highest BCUT2D eigenvalue weighted by Gasteiger charge is 2.25. The third kappa shape index (κ3) is 5.35. The van der Waals surface area contributed by atoms with Gasteiger partial charge in [0.2, 0.25) is 5.88 Å². The lowest BCUT2D eigenvalue weighted by Crippen LogP contribution is -2.23. The molecular weight excluding hydrogens is 424 g/mol. The van der Waals surface area contributed by atoms with E-state index in [1.54, 1.807) is 0 Å². The third-order valence-electron chi connectivity index (χ3n) is 5.16. The normalized spacial score (nSPS) is 19.5. The van der Waals surface area contributed by atoms with Crippen molar-refractivity contribution in [1.82, 2.24) is 9.78 Å². The van der Waals surface area contributed by atoms with Crippen molar-refractivity contribution < 1.29 is 19.4 Å². The van der Waals surface area contributed by atoms with E-state index in [1.165, 1.54) is 0 Å². The maximum Gasteiger partial charge on any atom is 0.329 e. The minimum absolute atomic E-state index is 0.207. The molecule has 0 bridgehead atoms. The molecular formula is C21H27BrN2O4. The highest BCUT2D eigenvalue weighted by Crippen LogP contribution is 2.37. The van der Waals surface area contributed by atoms with Gasteiger partial charge in [0.05, 0.1) is 13.2 Å². The van der Waals surface area contributed by atoms with Crippen LogP contribution in [0.1, 0.15) is 32.6 Å². The molecule has 2 aromatic rings. The molecule has 3 rings (SSSR count). The van der Waals surface area contributed by atoms with Crippen molar-refractivity contribution in [1.29, 1.82) is 0 Å². The van der Waals surface area contributed by atoms with E-state index >= 15 is 0 Å². The lowest BCUT2D eigenvalue weighted by molar-refractivity contribution is -0.142. The van der Waals surface area contributed by atoms with Crippen molar-refractivity contribution in [3.8, 4) is 17.1 Å². The van der Waals surface area contributed by atoms with E-state index < -0.39 is 5.97 Å². The van der Waals surface area contributed by atoms with E-state index in [4.69, 9.17) is 19.7 Å². The molecule has 1 aliphatic carbocycles. The summed E-state index contributed by atoms with van der Waals surface area (Å²) in [5.41, 5.74) is 1.97. The van der Waals surface area contributed by atoms with Crippen LogP contribution in [0.3, 0.4) is 0 Å². The number of carboxylic acids is 1. The first-order chi connectivity index (χ1) is 13.6. The largest absolute Gasteiger partial charge is 0.480 e. The van der Waals surface area contributed by atoms with Crippen LogP contribution >= 0.6 is 15.9 Å². The summed E-state index contributed by atoms with van der Waals surface area (Å²) in [5.74, 6) is 0.862. The monoisotopic (exact) mass is 450 g/mol. The second-order valence-electron chi connectivity index (χ2n) is 7.24. The highest BCUT2D eigenvalue weighted by atomic mass is 79.9. The molecule has 1 aromatic heterocycles. The predicted octanol–water partition coefficient (Wildman–Crippen LogP) is 4.62. The minimum atomic E-state index is -0.907. The molecule has 1 aliphatic rings. The SMILES string of the molecule is CCOc1c(Br)c(-c2ccccc2)nn1CC1CCC(COCC(=O)O)CC1. The number of ether oxygens (including phenoxy) is 2. The van der Waals surface area contributed by atoms with Crippen LogP contribution in [-0.2, 0) is 16.1 Å². The van der Waals surface area contributed by atoms with Crippen LogP contribution in [0.25, 0.3) is 11.3 Å². The first-order valence-electron chi connectivity index (χ1n) is 9.82. The number of rotatable bonds is 9. The number of halogens is 1. The van der Waals surface area contributed by atoms with Gasteiger partial charge in [-0.1, -0.05) is 30.3 Å². The fourth-order valence-electron chi connectivity index (χ4n) is 3.74. The molecule has 28 heavy (non-hydrogen) atoms. The van der Waals surface area contributed by atoms with Crippen molar-refractivity contribution in [2.45, 2.75) is 39.2 Å². The van der Waals surface area contributed by atoms with Gasteiger partial charge in [-0.15, -0.1) is 0 Å². The number of carbonyl (C=O) groups is 1. The van der Waals surface area contributed by atoms with Crippen LogP contribution in [0.2, 0.25) is 0 Å². The summed E-state index contributed by atoms with van der Waals surface area (Å²) >= 11 is 3.68. The summed E-state index contributed by atoms with van der Waals surface area (Å²) in [7, 11) is 0. The van der Waals surface area contributed by atoms with Crippen LogP contribution in [0, 0.1) is 11.8 Å². The van der Waals surface area contributed by atoms with E-state index in [0.29, 0.717) is 25.0 Å². The fourth-order valence-corrected chi connectivity index (χ4v) is 4.37. The summed E-state index contributed by atoms with van der Waals surface area (Å²) in [5, 5.41) is 13.5. The van der Waals surface area contributed by atoms with Gasteiger partial charge in [-0.2, -0.15) is 5.10 Å². The predicted molar refractivity (Wildman–Crippen MR) is 110 cm³/mol. The minimum Gasteiger partial charge on any atom is -0.480 e. The van der Waals surface area contributed by atoms with Crippen molar-refractivity contribution >= 4 is 21.9 Å². The van der Waals surface area contributed by atoms with E-state index in [1.807, 2.05) is 29.8 Å². The van der Waals surface area contributed by atoms with Gasteiger partial charge in [0.1, 0.15) is 16.8 Å². The number of carboxylic acid groups (broad SMARTS) is 1. The zero-order valence-electron chi connectivity index (χ0n) is 16.1. The first kappa shape index (κ1) is 20.9.